The van der Waals surface area contributed by atoms with Crippen molar-refractivity contribution in [1.82, 2.24) is 20.1 Å². The summed E-state index contributed by atoms with van der Waals surface area (Å²) >= 11 is 0. The van der Waals surface area contributed by atoms with E-state index < -0.39 is 0 Å². The molecule has 1 fully saturated rings. The van der Waals surface area contributed by atoms with Crippen molar-refractivity contribution in [2.75, 3.05) is 0 Å². The van der Waals surface area contributed by atoms with Gasteiger partial charge in [-0.1, -0.05) is 25.7 Å². The van der Waals surface area contributed by atoms with Gasteiger partial charge < -0.3 is 15.6 Å². The third-order valence-electron chi connectivity index (χ3n) is 4.28. The van der Waals surface area contributed by atoms with E-state index in [4.69, 9.17) is 5.73 Å². The monoisotopic (exact) mass is 276 g/mol. The topological polar surface area (TPSA) is 81.1 Å². The molecular formula is C14H24N6. The second kappa shape index (κ2) is 6.24. The van der Waals surface area contributed by atoms with Crippen molar-refractivity contribution in [2.45, 2.75) is 70.5 Å². The average Bonchev–Trinajstić information content (AvgIpc) is 2.95. The molecule has 1 aliphatic heterocycles. The fourth-order valence-corrected chi connectivity index (χ4v) is 3.16. The summed E-state index contributed by atoms with van der Waals surface area (Å²) in [5.74, 6) is 2.57. The minimum Gasteiger partial charge on any atom is -0.370 e. The number of nitrogens with two attached hydrogens (primary N) is 1. The van der Waals surface area contributed by atoms with E-state index in [1.807, 2.05) is 0 Å². The third-order valence-corrected chi connectivity index (χ3v) is 4.28. The molecule has 0 bridgehead atoms. The molecule has 6 nitrogen and oxygen atoms in total. The van der Waals surface area contributed by atoms with Crippen LogP contribution in [0.2, 0.25) is 0 Å². The lowest BCUT2D eigenvalue weighted by Gasteiger charge is -2.16. The van der Waals surface area contributed by atoms with Gasteiger partial charge >= 0.3 is 0 Å². The maximum atomic E-state index is 6.00. The fraction of sp³-hybridized carbons (Fsp3) is 0.786. The van der Waals surface area contributed by atoms with Crippen LogP contribution in [0.25, 0.3) is 0 Å². The smallest absolute Gasteiger partial charge is 0.189 e. The molecule has 0 amide bonds. The molecule has 1 aliphatic carbocycles. The number of nitrogens with one attached hydrogen (secondary N) is 1. The number of aromatic nitrogens is 3. The summed E-state index contributed by atoms with van der Waals surface area (Å²) in [5.41, 5.74) is 6.00. The van der Waals surface area contributed by atoms with E-state index >= 15 is 0 Å². The maximum absolute atomic E-state index is 6.00. The molecule has 1 aromatic heterocycles. The summed E-state index contributed by atoms with van der Waals surface area (Å²) < 4.78 is 2.17. The molecule has 20 heavy (non-hydrogen) atoms. The van der Waals surface area contributed by atoms with Crippen molar-refractivity contribution in [2.24, 2.45) is 10.7 Å². The Labute approximate surface area is 119 Å². The van der Waals surface area contributed by atoms with Crippen LogP contribution in [0.3, 0.4) is 0 Å². The van der Waals surface area contributed by atoms with Crippen molar-refractivity contribution in [3.05, 3.63) is 11.6 Å². The molecule has 6 heteroatoms. The van der Waals surface area contributed by atoms with Crippen LogP contribution in [-0.2, 0) is 19.5 Å². The first kappa shape index (κ1) is 13.4. The zero-order valence-electron chi connectivity index (χ0n) is 12.0. The van der Waals surface area contributed by atoms with Crippen LogP contribution in [0.1, 0.15) is 56.6 Å². The number of guanidine groups is 1. The summed E-state index contributed by atoms with van der Waals surface area (Å²) in [6.07, 6.45) is 9.89. The predicted octanol–water partition coefficient (Wildman–Crippen LogP) is 1.35. The van der Waals surface area contributed by atoms with E-state index in [-0.39, 0.29) is 0 Å². The summed E-state index contributed by atoms with van der Waals surface area (Å²) in [6.45, 7) is 1.54. The molecule has 0 radical (unpaired) electrons. The first-order valence-corrected chi connectivity index (χ1v) is 7.80. The van der Waals surface area contributed by atoms with Crippen LogP contribution in [-0.4, -0.2) is 26.8 Å². The molecule has 110 valence electrons. The summed E-state index contributed by atoms with van der Waals surface area (Å²) in [5, 5.41) is 11.7. The molecule has 0 saturated heterocycles. The Morgan fingerprint density at radius 2 is 2.00 bits per heavy atom. The van der Waals surface area contributed by atoms with E-state index in [9.17, 15) is 0 Å². The van der Waals surface area contributed by atoms with Crippen LogP contribution in [0.15, 0.2) is 4.99 Å². The highest BCUT2D eigenvalue weighted by atomic mass is 15.3. The lowest BCUT2D eigenvalue weighted by atomic mass is 10.1. The van der Waals surface area contributed by atoms with Crippen LogP contribution in [0.4, 0.5) is 0 Å². The lowest BCUT2D eigenvalue weighted by Crippen LogP contribution is -2.39. The van der Waals surface area contributed by atoms with Crippen LogP contribution in [0, 0.1) is 0 Å². The maximum Gasteiger partial charge on any atom is 0.189 e. The van der Waals surface area contributed by atoms with Gasteiger partial charge in [0.2, 0.25) is 0 Å². The standard InChI is InChI=1S/C14H24N6/c15-14(17-11-6-3-1-2-4-7-11)16-10-13-19-18-12-8-5-9-20(12)13/h11H,1-10H2,(H3,15,16,17). The summed E-state index contributed by atoms with van der Waals surface area (Å²) in [4.78, 5) is 4.43. The molecule has 0 spiro atoms. The highest BCUT2D eigenvalue weighted by Gasteiger charge is 2.17. The fourth-order valence-electron chi connectivity index (χ4n) is 3.16. The lowest BCUT2D eigenvalue weighted by molar-refractivity contribution is 0.529. The Balaban J connectivity index is 1.55. The van der Waals surface area contributed by atoms with Crippen molar-refractivity contribution < 1.29 is 0 Å². The number of aryl methyl sites for hydroxylation is 1. The normalized spacial score (nSPS) is 20.7. The number of fused-ring (bicyclic) bond motifs is 1. The molecule has 0 unspecified atom stereocenters. The average molecular weight is 276 g/mol. The number of aliphatic imine (C=N–C) groups is 1. The Morgan fingerprint density at radius 1 is 1.20 bits per heavy atom. The molecule has 2 aliphatic rings. The Hall–Kier alpha value is -1.59. The van der Waals surface area contributed by atoms with Gasteiger partial charge in [0.15, 0.2) is 11.8 Å². The quantitative estimate of drug-likeness (QED) is 0.496. The van der Waals surface area contributed by atoms with Gasteiger partial charge in [0.05, 0.1) is 0 Å². The Bertz CT molecular complexity index is 470. The second-order valence-corrected chi connectivity index (χ2v) is 5.82. The molecule has 1 saturated carbocycles. The number of hydrogen-bond donors (Lipinski definition) is 2. The zero-order chi connectivity index (χ0) is 13.8. The third kappa shape index (κ3) is 3.11. The van der Waals surface area contributed by atoms with Crippen LogP contribution in [0.5, 0.6) is 0 Å². The second-order valence-electron chi connectivity index (χ2n) is 5.82. The molecular weight excluding hydrogens is 252 g/mol. The van der Waals surface area contributed by atoms with Gasteiger partial charge in [-0.05, 0) is 19.3 Å². The molecule has 3 rings (SSSR count). The Kier molecular flexibility index (Phi) is 4.18. The van der Waals surface area contributed by atoms with E-state index in [1.54, 1.807) is 0 Å². The van der Waals surface area contributed by atoms with E-state index in [0.717, 1.165) is 31.0 Å². The predicted molar refractivity (Wildman–Crippen MR) is 78.3 cm³/mol. The number of hydrogen-bond acceptors (Lipinski definition) is 3. The van der Waals surface area contributed by atoms with Crippen molar-refractivity contribution in [3.8, 4) is 0 Å². The molecule has 0 atom stereocenters. The van der Waals surface area contributed by atoms with Gasteiger partial charge in [0.1, 0.15) is 12.4 Å². The minimum absolute atomic E-state index is 0.491. The van der Waals surface area contributed by atoms with E-state index in [0.29, 0.717) is 18.5 Å². The van der Waals surface area contributed by atoms with Crippen molar-refractivity contribution in [3.63, 3.8) is 0 Å². The molecule has 3 N–H and O–H groups in total. The van der Waals surface area contributed by atoms with Crippen molar-refractivity contribution >= 4 is 5.96 Å². The first-order chi connectivity index (χ1) is 9.83. The van der Waals surface area contributed by atoms with Gasteiger partial charge in [-0.2, -0.15) is 0 Å². The van der Waals surface area contributed by atoms with Gasteiger partial charge in [0, 0.05) is 19.0 Å². The summed E-state index contributed by atoms with van der Waals surface area (Å²) in [7, 11) is 0. The van der Waals surface area contributed by atoms with Crippen LogP contribution >= 0.6 is 0 Å². The van der Waals surface area contributed by atoms with Gasteiger partial charge in [-0.15, -0.1) is 10.2 Å². The first-order valence-electron chi connectivity index (χ1n) is 7.80. The number of rotatable bonds is 3. The highest BCUT2D eigenvalue weighted by Crippen LogP contribution is 2.17. The van der Waals surface area contributed by atoms with E-state index in [1.165, 1.54) is 38.5 Å². The molecule has 0 aromatic carbocycles. The Morgan fingerprint density at radius 3 is 2.80 bits per heavy atom. The van der Waals surface area contributed by atoms with Gasteiger partial charge in [0.25, 0.3) is 0 Å². The molecule has 1 aromatic rings. The summed E-state index contributed by atoms with van der Waals surface area (Å²) in [6, 6.07) is 0.491. The highest BCUT2D eigenvalue weighted by molar-refractivity contribution is 5.78. The van der Waals surface area contributed by atoms with E-state index in [2.05, 4.69) is 25.1 Å². The zero-order valence-corrected chi connectivity index (χ0v) is 12.0. The minimum atomic E-state index is 0.491. The van der Waals surface area contributed by atoms with Crippen molar-refractivity contribution in [1.29, 1.82) is 0 Å². The van der Waals surface area contributed by atoms with Gasteiger partial charge in [-0.25, -0.2) is 4.99 Å². The van der Waals surface area contributed by atoms with Gasteiger partial charge in [-0.3, -0.25) is 0 Å². The number of nitrogens with zero attached hydrogens (tertiary/aromatic N) is 4. The largest absolute Gasteiger partial charge is 0.370 e. The van der Waals surface area contributed by atoms with Crippen LogP contribution < -0.4 is 11.1 Å². The SMILES string of the molecule is NC(=NCc1nnc2n1CCC2)NC1CCCCCC1. The molecule has 2 heterocycles.